The quantitative estimate of drug-likeness (QED) is 0.523. The van der Waals surface area contributed by atoms with E-state index >= 15 is 0 Å². The van der Waals surface area contributed by atoms with Gasteiger partial charge in [-0.25, -0.2) is 4.99 Å². The summed E-state index contributed by atoms with van der Waals surface area (Å²) in [6.07, 6.45) is 2.30. The molecule has 1 fully saturated rings. The molecule has 0 aliphatic carbocycles. The molecule has 0 radical (unpaired) electrons. The van der Waals surface area contributed by atoms with E-state index in [0.29, 0.717) is 30.5 Å². The van der Waals surface area contributed by atoms with E-state index in [1.165, 1.54) is 0 Å². The lowest BCUT2D eigenvalue weighted by Gasteiger charge is -2.25. The van der Waals surface area contributed by atoms with Crippen molar-refractivity contribution >= 4 is 11.9 Å². The van der Waals surface area contributed by atoms with E-state index in [1.54, 1.807) is 33.2 Å². The number of hydrogen-bond donors (Lipinski definition) is 1. The lowest BCUT2D eigenvalue weighted by atomic mass is 10.1. The van der Waals surface area contributed by atoms with Crippen LogP contribution < -0.4 is 14.8 Å². The lowest BCUT2D eigenvalue weighted by Crippen LogP contribution is -2.42. The molecular weight excluding hydrogens is 372 g/mol. The number of nitrogens with one attached hydrogen (secondary N) is 1. The molecule has 0 spiro atoms. The van der Waals surface area contributed by atoms with Gasteiger partial charge in [0.15, 0.2) is 17.5 Å². The number of hydrogen-bond acceptors (Lipinski definition) is 5. The summed E-state index contributed by atoms with van der Waals surface area (Å²) >= 11 is 0. The van der Waals surface area contributed by atoms with Crippen LogP contribution in [-0.4, -0.2) is 82.8 Å². The van der Waals surface area contributed by atoms with Crippen LogP contribution in [0.2, 0.25) is 0 Å². The minimum absolute atomic E-state index is 0.0443. The van der Waals surface area contributed by atoms with Gasteiger partial charge < -0.3 is 29.3 Å². The average molecular weight is 407 g/mol. The van der Waals surface area contributed by atoms with Crippen molar-refractivity contribution < 1.29 is 19.0 Å². The van der Waals surface area contributed by atoms with Crippen molar-refractivity contribution in [2.24, 2.45) is 4.99 Å². The van der Waals surface area contributed by atoms with Gasteiger partial charge in [-0.05, 0) is 43.0 Å². The highest BCUT2D eigenvalue weighted by molar-refractivity contribution is 5.84. The molecule has 29 heavy (non-hydrogen) atoms. The summed E-state index contributed by atoms with van der Waals surface area (Å²) in [6, 6.07) is 3.95. The van der Waals surface area contributed by atoms with Crippen molar-refractivity contribution in [2.45, 2.75) is 32.4 Å². The number of likely N-dealkylation sites (N-methyl/N-ethyl adjacent to an activating group) is 1. The summed E-state index contributed by atoms with van der Waals surface area (Å²) in [6.45, 7) is 4.22. The zero-order chi connectivity index (χ0) is 21.4. The Labute approximate surface area is 173 Å². The molecule has 1 N–H and O–H groups in total. The van der Waals surface area contributed by atoms with Gasteiger partial charge in [-0.3, -0.25) is 4.79 Å². The SMILES string of the molecule is COc1cc(C)c(CN(C)C(=NCC(=O)N(C)C)NCC2CCCO2)cc1OC. The molecule has 1 aliphatic heterocycles. The van der Waals surface area contributed by atoms with Crippen LogP contribution in [0.4, 0.5) is 0 Å². The summed E-state index contributed by atoms with van der Waals surface area (Å²) in [7, 11) is 8.67. The third kappa shape index (κ3) is 6.52. The smallest absolute Gasteiger partial charge is 0.243 e. The van der Waals surface area contributed by atoms with Crippen molar-refractivity contribution in [1.82, 2.24) is 15.1 Å². The number of carbonyl (C=O) groups is 1. The molecule has 1 unspecified atom stereocenters. The van der Waals surface area contributed by atoms with Crippen LogP contribution in [0.1, 0.15) is 24.0 Å². The summed E-state index contributed by atoms with van der Waals surface area (Å²) in [4.78, 5) is 20.1. The first-order valence-corrected chi connectivity index (χ1v) is 9.88. The number of aliphatic imine (C=N–C) groups is 1. The number of nitrogens with zero attached hydrogens (tertiary/aromatic N) is 3. The Balaban J connectivity index is 2.15. The number of aryl methyl sites for hydroxylation is 1. The number of amides is 1. The number of guanidine groups is 1. The maximum Gasteiger partial charge on any atom is 0.243 e. The van der Waals surface area contributed by atoms with Crippen molar-refractivity contribution in [3.05, 3.63) is 23.3 Å². The Kier molecular flexibility index (Phi) is 8.57. The summed E-state index contributed by atoms with van der Waals surface area (Å²) in [5, 5.41) is 3.37. The zero-order valence-electron chi connectivity index (χ0n) is 18.4. The molecule has 1 saturated heterocycles. The first-order valence-electron chi connectivity index (χ1n) is 9.88. The normalized spacial score (nSPS) is 16.5. The van der Waals surface area contributed by atoms with E-state index < -0.39 is 0 Å². The zero-order valence-corrected chi connectivity index (χ0v) is 18.4. The molecule has 1 atom stereocenters. The van der Waals surface area contributed by atoms with E-state index in [0.717, 1.165) is 30.6 Å². The predicted octanol–water partition coefficient (Wildman–Crippen LogP) is 1.66. The highest BCUT2D eigenvalue weighted by Crippen LogP contribution is 2.30. The predicted molar refractivity (Wildman–Crippen MR) is 114 cm³/mol. The standard InChI is InChI=1S/C21H34N4O4/c1-15-10-18(27-5)19(28-6)11-16(15)14-25(4)21(23-13-20(26)24(2)3)22-12-17-8-7-9-29-17/h10-11,17H,7-9,12-14H2,1-6H3,(H,22,23). The van der Waals surface area contributed by atoms with Gasteiger partial charge in [-0.2, -0.15) is 0 Å². The fourth-order valence-electron chi connectivity index (χ4n) is 3.13. The highest BCUT2D eigenvalue weighted by Gasteiger charge is 2.18. The molecule has 0 aromatic heterocycles. The monoisotopic (exact) mass is 406 g/mol. The van der Waals surface area contributed by atoms with Crippen molar-refractivity contribution in [1.29, 1.82) is 0 Å². The Morgan fingerprint density at radius 2 is 1.93 bits per heavy atom. The van der Waals surface area contributed by atoms with Gasteiger partial charge in [0.05, 0.1) is 20.3 Å². The fourth-order valence-corrected chi connectivity index (χ4v) is 3.13. The third-order valence-corrected chi connectivity index (χ3v) is 4.99. The second kappa shape index (κ2) is 10.9. The highest BCUT2D eigenvalue weighted by atomic mass is 16.5. The van der Waals surface area contributed by atoms with E-state index in [2.05, 4.69) is 10.3 Å². The van der Waals surface area contributed by atoms with Crippen LogP contribution in [0.15, 0.2) is 17.1 Å². The Hall–Kier alpha value is -2.48. The minimum Gasteiger partial charge on any atom is -0.493 e. The molecule has 1 heterocycles. The summed E-state index contributed by atoms with van der Waals surface area (Å²) in [5.74, 6) is 2.02. The number of benzene rings is 1. The van der Waals surface area contributed by atoms with Crippen LogP contribution in [-0.2, 0) is 16.1 Å². The summed E-state index contributed by atoms with van der Waals surface area (Å²) in [5.41, 5.74) is 2.19. The molecule has 0 saturated carbocycles. The van der Waals surface area contributed by atoms with Crippen LogP contribution >= 0.6 is 0 Å². The van der Waals surface area contributed by atoms with Crippen molar-refractivity contribution in [2.75, 3.05) is 55.1 Å². The van der Waals surface area contributed by atoms with Gasteiger partial charge >= 0.3 is 0 Å². The van der Waals surface area contributed by atoms with Gasteiger partial charge in [-0.15, -0.1) is 0 Å². The Morgan fingerprint density at radius 3 is 2.52 bits per heavy atom. The second-order valence-corrected chi connectivity index (χ2v) is 7.43. The van der Waals surface area contributed by atoms with Crippen LogP contribution in [0.25, 0.3) is 0 Å². The summed E-state index contributed by atoms with van der Waals surface area (Å²) < 4.78 is 16.5. The maximum atomic E-state index is 12.0. The Morgan fingerprint density at radius 1 is 1.24 bits per heavy atom. The molecule has 8 heteroatoms. The fraction of sp³-hybridized carbons (Fsp3) is 0.619. The second-order valence-electron chi connectivity index (χ2n) is 7.43. The van der Waals surface area contributed by atoms with Crippen molar-refractivity contribution in [3.8, 4) is 11.5 Å². The molecule has 162 valence electrons. The van der Waals surface area contributed by atoms with Gasteiger partial charge in [0.2, 0.25) is 5.91 Å². The van der Waals surface area contributed by atoms with E-state index in [4.69, 9.17) is 14.2 Å². The molecular formula is C21H34N4O4. The lowest BCUT2D eigenvalue weighted by molar-refractivity contribution is -0.127. The van der Waals surface area contributed by atoms with Crippen LogP contribution in [0.5, 0.6) is 11.5 Å². The number of rotatable bonds is 8. The molecule has 8 nitrogen and oxygen atoms in total. The first kappa shape index (κ1) is 22.8. The number of ether oxygens (including phenoxy) is 3. The van der Waals surface area contributed by atoms with Crippen LogP contribution in [0, 0.1) is 6.92 Å². The average Bonchev–Trinajstić information content (AvgIpc) is 3.22. The number of carbonyl (C=O) groups excluding carboxylic acids is 1. The molecule has 1 aromatic rings. The number of methoxy groups -OCH3 is 2. The Bertz CT molecular complexity index is 715. The minimum atomic E-state index is -0.0443. The van der Waals surface area contributed by atoms with Gasteiger partial charge in [0, 0.05) is 40.8 Å². The van der Waals surface area contributed by atoms with Gasteiger partial charge in [-0.1, -0.05) is 0 Å². The molecule has 0 bridgehead atoms. The van der Waals surface area contributed by atoms with Gasteiger partial charge in [0.1, 0.15) is 6.54 Å². The van der Waals surface area contributed by atoms with E-state index in [9.17, 15) is 4.79 Å². The van der Waals surface area contributed by atoms with E-state index in [1.807, 2.05) is 31.0 Å². The largest absolute Gasteiger partial charge is 0.493 e. The third-order valence-electron chi connectivity index (χ3n) is 4.99. The molecule has 1 aromatic carbocycles. The first-order chi connectivity index (χ1) is 13.8. The molecule has 1 aliphatic rings. The van der Waals surface area contributed by atoms with Crippen LogP contribution in [0.3, 0.4) is 0 Å². The van der Waals surface area contributed by atoms with E-state index in [-0.39, 0.29) is 18.6 Å². The topological polar surface area (TPSA) is 75.6 Å². The maximum absolute atomic E-state index is 12.0. The molecule has 1 amide bonds. The molecule has 2 rings (SSSR count). The van der Waals surface area contributed by atoms with Crippen molar-refractivity contribution in [3.63, 3.8) is 0 Å². The van der Waals surface area contributed by atoms with Gasteiger partial charge in [0.25, 0.3) is 0 Å².